The molecule has 0 spiro atoms. The van der Waals surface area contributed by atoms with E-state index in [4.69, 9.17) is 14.2 Å². The van der Waals surface area contributed by atoms with E-state index in [0.717, 1.165) is 14.9 Å². The number of nitrogens with one attached hydrogen (secondary N) is 1. The molecule has 3 amide bonds. The summed E-state index contributed by atoms with van der Waals surface area (Å²) >= 11 is 3.36. The molecule has 0 aromatic heterocycles. The van der Waals surface area contributed by atoms with E-state index in [1.54, 1.807) is 18.2 Å². The molecule has 8 heteroatoms. The third-order valence-electron chi connectivity index (χ3n) is 4.25. The lowest BCUT2D eigenvalue weighted by molar-refractivity contribution is -0.123. The van der Waals surface area contributed by atoms with Crippen molar-refractivity contribution in [2.24, 2.45) is 0 Å². The second-order valence-corrected chi connectivity index (χ2v) is 6.87. The molecule has 1 heterocycles. The number of halogens is 1. The Labute approximate surface area is 171 Å². The van der Waals surface area contributed by atoms with Gasteiger partial charge in [-0.25, -0.2) is 4.79 Å². The lowest BCUT2D eigenvalue weighted by atomic mass is 10.1. The van der Waals surface area contributed by atoms with E-state index in [1.807, 2.05) is 24.3 Å². The minimum Gasteiger partial charge on any atom is -0.496 e. The summed E-state index contributed by atoms with van der Waals surface area (Å²) in [5, 5.41) is 2.61. The standard InChI is InChI=1S/C20H19BrN2O5/c1-26-16-10-18(28-3)17(27-2)9-13(16)8-15-19(24)23(20(25)22-15)11-12-4-6-14(21)7-5-12/h4-10H,11H2,1-3H3,(H,22,25)/b15-8+. The second kappa shape index (κ2) is 8.35. The van der Waals surface area contributed by atoms with Crippen molar-refractivity contribution in [3.05, 3.63) is 57.7 Å². The van der Waals surface area contributed by atoms with E-state index in [0.29, 0.717) is 22.8 Å². The number of ether oxygens (including phenoxy) is 3. The van der Waals surface area contributed by atoms with Crippen molar-refractivity contribution in [2.75, 3.05) is 21.3 Å². The number of methoxy groups -OCH3 is 3. The van der Waals surface area contributed by atoms with Gasteiger partial charge in [-0.3, -0.25) is 9.69 Å². The topological polar surface area (TPSA) is 77.1 Å². The van der Waals surface area contributed by atoms with Gasteiger partial charge in [0.05, 0.1) is 27.9 Å². The molecule has 1 aliphatic rings. The molecule has 1 saturated heterocycles. The Balaban J connectivity index is 1.90. The Kier molecular flexibility index (Phi) is 5.89. The van der Waals surface area contributed by atoms with E-state index >= 15 is 0 Å². The molecule has 1 N–H and O–H groups in total. The van der Waals surface area contributed by atoms with Crippen LogP contribution < -0.4 is 19.5 Å². The van der Waals surface area contributed by atoms with Gasteiger partial charge in [0.1, 0.15) is 11.4 Å². The first-order valence-corrected chi connectivity index (χ1v) is 9.15. The highest BCUT2D eigenvalue weighted by Crippen LogP contribution is 2.36. The van der Waals surface area contributed by atoms with Gasteiger partial charge >= 0.3 is 6.03 Å². The van der Waals surface area contributed by atoms with Crippen LogP contribution in [-0.4, -0.2) is 38.2 Å². The molecule has 1 fully saturated rings. The summed E-state index contributed by atoms with van der Waals surface area (Å²) in [4.78, 5) is 26.2. The third kappa shape index (κ3) is 3.96. The normalized spacial score (nSPS) is 15.0. The monoisotopic (exact) mass is 446 g/mol. The number of urea groups is 1. The SMILES string of the molecule is COc1cc(OC)c(OC)cc1/C=C1/NC(=O)N(Cc2ccc(Br)cc2)C1=O. The Hall–Kier alpha value is -3.00. The first kappa shape index (κ1) is 19.8. The van der Waals surface area contributed by atoms with Crippen molar-refractivity contribution in [3.63, 3.8) is 0 Å². The third-order valence-corrected chi connectivity index (χ3v) is 4.78. The minimum atomic E-state index is -0.474. The van der Waals surface area contributed by atoms with Crippen LogP contribution in [0.15, 0.2) is 46.6 Å². The fourth-order valence-electron chi connectivity index (χ4n) is 2.81. The van der Waals surface area contributed by atoms with Crippen LogP contribution >= 0.6 is 15.9 Å². The van der Waals surface area contributed by atoms with E-state index in [1.165, 1.54) is 21.3 Å². The number of benzene rings is 2. The summed E-state index contributed by atoms with van der Waals surface area (Å²) < 4.78 is 16.9. The molecule has 0 saturated carbocycles. The number of hydrogen-bond donors (Lipinski definition) is 1. The highest BCUT2D eigenvalue weighted by atomic mass is 79.9. The first-order chi connectivity index (χ1) is 13.5. The highest BCUT2D eigenvalue weighted by molar-refractivity contribution is 9.10. The van der Waals surface area contributed by atoms with Crippen molar-refractivity contribution in [3.8, 4) is 17.2 Å². The number of rotatable bonds is 6. The molecule has 3 rings (SSSR count). The van der Waals surface area contributed by atoms with Crippen LogP contribution in [0, 0.1) is 0 Å². The molecule has 2 aromatic rings. The quantitative estimate of drug-likeness (QED) is 0.542. The fraction of sp³-hybridized carbons (Fsp3) is 0.200. The van der Waals surface area contributed by atoms with Gasteiger partial charge in [-0.05, 0) is 29.8 Å². The van der Waals surface area contributed by atoms with Gasteiger partial charge in [-0.2, -0.15) is 0 Å². The van der Waals surface area contributed by atoms with Crippen molar-refractivity contribution in [1.29, 1.82) is 0 Å². The molecule has 0 unspecified atom stereocenters. The van der Waals surface area contributed by atoms with Gasteiger partial charge < -0.3 is 19.5 Å². The number of carbonyl (C=O) groups excluding carboxylic acids is 2. The zero-order valence-electron chi connectivity index (χ0n) is 15.6. The van der Waals surface area contributed by atoms with Crippen molar-refractivity contribution in [2.45, 2.75) is 6.54 Å². The predicted molar refractivity (Wildman–Crippen MR) is 107 cm³/mol. The van der Waals surface area contributed by atoms with Crippen LogP contribution in [0.1, 0.15) is 11.1 Å². The van der Waals surface area contributed by atoms with Crippen LogP contribution in [0.3, 0.4) is 0 Å². The summed E-state index contributed by atoms with van der Waals surface area (Å²) in [5.41, 5.74) is 1.58. The molecule has 28 heavy (non-hydrogen) atoms. The number of hydrogen-bond acceptors (Lipinski definition) is 5. The highest BCUT2D eigenvalue weighted by Gasteiger charge is 2.33. The van der Waals surface area contributed by atoms with Crippen LogP contribution in [-0.2, 0) is 11.3 Å². The molecule has 7 nitrogen and oxygen atoms in total. The summed E-state index contributed by atoms with van der Waals surface area (Å²) in [6.45, 7) is 0.179. The summed E-state index contributed by atoms with van der Waals surface area (Å²) in [7, 11) is 4.55. The van der Waals surface area contributed by atoms with E-state index in [9.17, 15) is 9.59 Å². The number of nitrogens with zero attached hydrogens (tertiary/aromatic N) is 1. The smallest absolute Gasteiger partial charge is 0.329 e. The van der Waals surface area contributed by atoms with E-state index in [-0.39, 0.29) is 12.2 Å². The lowest BCUT2D eigenvalue weighted by Gasteiger charge is -2.13. The molecule has 0 radical (unpaired) electrons. The fourth-order valence-corrected chi connectivity index (χ4v) is 3.07. The van der Waals surface area contributed by atoms with Crippen LogP contribution in [0.25, 0.3) is 6.08 Å². The summed E-state index contributed by atoms with van der Waals surface area (Å²) in [6.07, 6.45) is 1.56. The van der Waals surface area contributed by atoms with Gasteiger partial charge in [0.2, 0.25) is 0 Å². The number of imide groups is 1. The molecule has 0 bridgehead atoms. The van der Waals surface area contributed by atoms with Crippen LogP contribution in [0.5, 0.6) is 17.2 Å². The maximum absolute atomic E-state index is 12.7. The largest absolute Gasteiger partial charge is 0.496 e. The minimum absolute atomic E-state index is 0.160. The zero-order chi connectivity index (χ0) is 20.3. The van der Waals surface area contributed by atoms with Crippen molar-refractivity contribution < 1.29 is 23.8 Å². The first-order valence-electron chi connectivity index (χ1n) is 8.35. The van der Waals surface area contributed by atoms with Crippen LogP contribution in [0.2, 0.25) is 0 Å². The molecular formula is C20H19BrN2O5. The Bertz CT molecular complexity index is 940. The van der Waals surface area contributed by atoms with Gasteiger partial charge in [-0.1, -0.05) is 28.1 Å². The maximum atomic E-state index is 12.7. The van der Waals surface area contributed by atoms with E-state index in [2.05, 4.69) is 21.2 Å². The molecule has 0 aliphatic carbocycles. The maximum Gasteiger partial charge on any atom is 0.329 e. The molecule has 2 aromatic carbocycles. The van der Waals surface area contributed by atoms with Gasteiger partial charge in [0.25, 0.3) is 5.91 Å². The number of carbonyl (C=O) groups is 2. The lowest BCUT2D eigenvalue weighted by Crippen LogP contribution is -2.30. The van der Waals surface area contributed by atoms with Gasteiger partial charge in [-0.15, -0.1) is 0 Å². The number of amides is 3. The Morgan fingerprint density at radius 1 is 0.964 bits per heavy atom. The molecule has 146 valence electrons. The van der Waals surface area contributed by atoms with Crippen molar-refractivity contribution in [1.82, 2.24) is 10.2 Å². The van der Waals surface area contributed by atoms with E-state index < -0.39 is 11.9 Å². The average molecular weight is 447 g/mol. The molecule has 1 aliphatic heterocycles. The molecular weight excluding hydrogens is 428 g/mol. The van der Waals surface area contributed by atoms with Crippen LogP contribution in [0.4, 0.5) is 4.79 Å². The summed E-state index contributed by atoms with van der Waals surface area (Å²) in [6, 6.07) is 10.3. The average Bonchev–Trinajstić information content (AvgIpc) is 2.96. The van der Waals surface area contributed by atoms with Gasteiger partial charge in [0, 0.05) is 16.1 Å². The second-order valence-electron chi connectivity index (χ2n) is 5.96. The summed E-state index contributed by atoms with van der Waals surface area (Å²) in [5.74, 6) is 1.06. The molecule has 0 atom stereocenters. The van der Waals surface area contributed by atoms with Crippen molar-refractivity contribution >= 4 is 33.9 Å². The predicted octanol–water partition coefficient (Wildman–Crippen LogP) is 3.57. The zero-order valence-corrected chi connectivity index (χ0v) is 17.2. The van der Waals surface area contributed by atoms with Gasteiger partial charge in [0.15, 0.2) is 11.5 Å². The Morgan fingerprint density at radius 3 is 2.18 bits per heavy atom. The Morgan fingerprint density at radius 2 is 1.57 bits per heavy atom.